The van der Waals surface area contributed by atoms with Gasteiger partial charge < -0.3 is 16.3 Å². The second-order valence-corrected chi connectivity index (χ2v) is 2.65. The zero-order valence-corrected chi connectivity index (χ0v) is 7.69. The Labute approximate surface area is 81.2 Å². The first-order chi connectivity index (χ1) is 6.69. The van der Waals surface area contributed by atoms with Gasteiger partial charge in [-0.25, -0.2) is 0 Å². The van der Waals surface area contributed by atoms with Gasteiger partial charge in [-0.3, -0.25) is 4.79 Å². The van der Waals surface area contributed by atoms with Crippen LogP contribution < -0.4 is 11.1 Å². The number of carbonyl (C=O) groups is 1. The minimum absolute atomic E-state index is 0.0178. The summed E-state index contributed by atoms with van der Waals surface area (Å²) in [7, 11) is 1.54. The predicted molar refractivity (Wildman–Crippen MR) is 52.3 cm³/mol. The van der Waals surface area contributed by atoms with Gasteiger partial charge in [0.15, 0.2) is 5.84 Å². The maximum Gasteiger partial charge on any atom is 0.251 e. The van der Waals surface area contributed by atoms with E-state index in [0.717, 1.165) is 0 Å². The quantitative estimate of drug-likeness (QED) is 0.270. The predicted octanol–water partition coefficient (Wildman–Crippen LogP) is 0.141. The number of amides is 1. The van der Waals surface area contributed by atoms with Crippen molar-refractivity contribution in [1.82, 2.24) is 5.32 Å². The molecule has 1 aromatic rings. The van der Waals surface area contributed by atoms with E-state index < -0.39 is 0 Å². The van der Waals surface area contributed by atoms with Crippen molar-refractivity contribution in [1.29, 1.82) is 0 Å². The van der Waals surface area contributed by atoms with E-state index in [1.54, 1.807) is 31.3 Å². The molecule has 0 bridgehead atoms. The smallest absolute Gasteiger partial charge is 0.251 e. The van der Waals surface area contributed by atoms with Gasteiger partial charge in [-0.1, -0.05) is 17.3 Å². The van der Waals surface area contributed by atoms with Crippen LogP contribution in [0.25, 0.3) is 0 Å². The Balaban J connectivity index is 3.07. The van der Waals surface area contributed by atoms with Gasteiger partial charge in [-0.2, -0.15) is 0 Å². The minimum atomic E-state index is -0.211. The highest BCUT2D eigenvalue weighted by molar-refractivity contribution is 6.01. The summed E-state index contributed by atoms with van der Waals surface area (Å²) >= 11 is 0. The first-order valence-corrected chi connectivity index (χ1v) is 3.99. The number of nitrogens with two attached hydrogens (primary N) is 1. The molecule has 0 fully saturated rings. The molecule has 5 nitrogen and oxygen atoms in total. The van der Waals surface area contributed by atoms with Gasteiger partial charge in [-0.15, -0.1) is 0 Å². The van der Waals surface area contributed by atoms with E-state index in [9.17, 15) is 4.79 Å². The number of hydrogen-bond donors (Lipinski definition) is 3. The van der Waals surface area contributed by atoms with Crippen LogP contribution in [0, 0.1) is 0 Å². The molecule has 0 aromatic heterocycles. The zero-order chi connectivity index (χ0) is 10.6. The molecule has 0 unspecified atom stereocenters. The number of carbonyl (C=O) groups excluding carboxylic acids is 1. The van der Waals surface area contributed by atoms with Crippen molar-refractivity contribution in [3.8, 4) is 0 Å². The van der Waals surface area contributed by atoms with Crippen molar-refractivity contribution in [2.45, 2.75) is 0 Å². The molecular formula is C9H11N3O2. The van der Waals surface area contributed by atoms with Crippen LogP contribution in [0.5, 0.6) is 0 Å². The highest BCUT2D eigenvalue weighted by Crippen LogP contribution is 2.04. The summed E-state index contributed by atoms with van der Waals surface area (Å²) in [6, 6.07) is 6.51. The normalized spacial score (nSPS) is 11.1. The van der Waals surface area contributed by atoms with Crippen molar-refractivity contribution in [3.05, 3.63) is 35.4 Å². The number of rotatable bonds is 2. The van der Waals surface area contributed by atoms with E-state index in [2.05, 4.69) is 10.5 Å². The average Bonchev–Trinajstić information content (AvgIpc) is 2.27. The minimum Gasteiger partial charge on any atom is -0.409 e. The fourth-order valence-corrected chi connectivity index (χ4v) is 1.02. The number of oxime groups is 1. The Hall–Kier alpha value is -2.04. The lowest BCUT2D eigenvalue weighted by Gasteiger charge is -2.02. The average molecular weight is 193 g/mol. The molecule has 74 valence electrons. The highest BCUT2D eigenvalue weighted by atomic mass is 16.4. The molecule has 4 N–H and O–H groups in total. The van der Waals surface area contributed by atoms with Crippen LogP contribution in [-0.4, -0.2) is 24.0 Å². The van der Waals surface area contributed by atoms with E-state index in [-0.39, 0.29) is 11.7 Å². The molecule has 0 aliphatic rings. The number of benzene rings is 1. The molecule has 0 saturated heterocycles. The van der Waals surface area contributed by atoms with Crippen LogP contribution in [0.4, 0.5) is 0 Å². The summed E-state index contributed by atoms with van der Waals surface area (Å²) in [5, 5.41) is 13.8. The van der Waals surface area contributed by atoms with Crippen molar-refractivity contribution >= 4 is 11.7 Å². The first-order valence-electron chi connectivity index (χ1n) is 3.99. The Kier molecular flexibility index (Phi) is 3.06. The Morgan fingerprint density at radius 3 is 2.71 bits per heavy atom. The van der Waals surface area contributed by atoms with Crippen molar-refractivity contribution in [2.75, 3.05) is 7.05 Å². The van der Waals surface area contributed by atoms with E-state index in [4.69, 9.17) is 10.9 Å². The molecule has 0 heterocycles. The van der Waals surface area contributed by atoms with Crippen molar-refractivity contribution in [3.63, 3.8) is 0 Å². The molecule has 1 rings (SSSR count). The lowest BCUT2D eigenvalue weighted by Crippen LogP contribution is -2.19. The van der Waals surface area contributed by atoms with Gasteiger partial charge in [0.1, 0.15) is 0 Å². The van der Waals surface area contributed by atoms with Gasteiger partial charge in [0.25, 0.3) is 5.91 Å². The molecule has 0 radical (unpaired) electrons. The zero-order valence-electron chi connectivity index (χ0n) is 7.69. The molecule has 0 spiro atoms. The summed E-state index contributed by atoms with van der Waals surface area (Å²) in [4.78, 5) is 11.2. The van der Waals surface area contributed by atoms with E-state index in [1.165, 1.54) is 0 Å². The topological polar surface area (TPSA) is 87.7 Å². The van der Waals surface area contributed by atoms with E-state index in [1.807, 2.05) is 0 Å². The van der Waals surface area contributed by atoms with Crippen LogP contribution in [0.15, 0.2) is 29.4 Å². The van der Waals surface area contributed by atoms with Gasteiger partial charge in [-0.05, 0) is 12.1 Å². The summed E-state index contributed by atoms with van der Waals surface area (Å²) < 4.78 is 0. The number of amidine groups is 1. The van der Waals surface area contributed by atoms with Gasteiger partial charge in [0.2, 0.25) is 0 Å². The van der Waals surface area contributed by atoms with E-state index in [0.29, 0.717) is 11.1 Å². The van der Waals surface area contributed by atoms with Gasteiger partial charge >= 0.3 is 0 Å². The SMILES string of the molecule is CNC(=O)c1cccc(/C(N)=N/O)c1. The Morgan fingerprint density at radius 2 is 2.14 bits per heavy atom. The van der Waals surface area contributed by atoms with Crippen LogP contribution in [0.3, 0.4) is 0 Å². The number of hydrogen-bond acceptors (Lipinski definition) is 3. The third-order valence-corrected chi connectivity index (χ3v) is 1.76. The summed E-state index contributed by atoms with van der Waals surface area (Å²) in [5.74, 6) is -0.228. The molecule has 5 heteroatoms. The standard InChI is InChI=1S/C9H11N3O2/c1-11-9(13)7-4-2-3-6(5-7)8(10)12-14/h2-5,14H,1H3,(H2,10,12)(H,11,13). The van der Waals surface area contributed by atoms with Crippen LogP contribution in [0.1, 0.15) is 15.9 Å². The van der Waals surface area contributed by atoms with Gasteiger partial charge in [0.05, 0.1) is 0 Å². The molecule has 1 amide bonds. The second kappa shape index (κ2) is 4.27. The number of nitrogens with zero attached hydrogens (tertiary/aromatic N) is 1. The molecule has 0 saturated carbocycles. The maximum absolute atomic E-state index is 11.2. The van der Waals surface area contributed by atoms with Crippen LogP contribution >= 0.6 is 0 Å². The summed E-state index contributed by atoms with van der Waals surface area (Å²) in [5.41, 5.74) is 6.35. The number of nitrogens with one attached hydrogen (secondary N) is 1. The molecule has 0 aliphatic carbocycles. The lowest BCUT2D eigenvalue weighted by atomic mass is 10.1. The Bertz CT molecular complexity index is 374. The van der Waals surface area contributed by atoms with Crippen molar-refractivity contribution < 1.29 is 10.0 Å². The lowest BCUT2D eigenvalue weighted by molar-refractivity contribution is 0.0963. The molecule has 0 aliphatic heterocycles. The monoisotopic (exact) mass is 193 g/mol. The second-order valence-electron chi connectivity index (χ2n) is 2.65. The molecule has 1 aromatic carbocycles. The molecule has 14 heavy (non-hydrogen) atoms. The summed E-state index contributed by atoms with van der Waals surface area (Å²) in [6.45, 7) is 0. The largest absolute Gasteiger partial charge is 0.409 e. The summed E-state index contributed by atoms with van der Waals surface area (Å²) in [6.07, 6.45) is 0. The van der Waals surface area contributed by atoms with Gasteiger partial charge in [0, 0.05) is 18.2 Å². The van der Waals surface area contributed by atoms with Crippen LogP contribution in [0.2, 0.25) is 0 Å². The highest BCUT2D eigenvalue weighted by Gasteiger charge is 2.05. The third kappa shape index (κ3) is 2.01. The maximum atomic E-state index is 11.2. The van der Waals surface area contributed by atoms with Crippen molar-refractivity contribution in [2.24, 2.45) is 10.9 Å². The fraction of sp³-hybridized carbons (Fsp3) is 0.111. The third-order valence-electron chi connectivity index (χ3n) is 1.76. The fourth-order valence-electron chi connectivity index (χ4n) is 1.02. The van der Waals surface area contributed by atoms with E-state index >= 15 is 0 Å². The van der Waals surface area contributed by atoms with Crippen LogP contribution in [-0.2, 0) is 0 Å². The Morgan fingerprint density at radius 1 is 1.50 bits per heavy atom. The molecular weight excluding hydrogens is 182 g/mol. The molecule has 0 atom stereocenters. The first kappa shape index (κ1) is 10.0.